The first kappa shape index (κ1) is 13.4. The predicted octanol–water partition coefficient (Wildman–Crippen LogP) is 2.01. The molecule has 0 saturated carbocycles. The lowest BCUT2D eigenvalue weighted by molar-refractivity contribution is 0.0964. The van der Waals surface area contributed by atoms with E-state index < -0.39 is 0 Å². The summed E-state index contributed by atoms with van der Waals surface area (Å²) < 4.78 is 0. The molecular weight excluding hydrogens is 260 g/mol. The van der Waals surface area contributed by atoms with E-state index in [1.807, 2.05) is 13.1 Å². The average molecular weight is 276 g/mol. The first-order valence-electron chi connectivity index (χ1n) is 5.87. The SMILES string of the molecule is CNC(=O)c1ccc(N)cc1NCc1cnc(C)s1. The Bertz CT molecular complexity index is 594. The molecular formula is C13H16N4OS. The van der Waals surface area contributed by atoms with Crippen molar-refractivity contribution in [2.75, 3.05) is 18.1 Å². The van der Waals surface area contributed by atoms with Crippen molar-refractivity contribution in [2.24, 2.45) is 0 Å². The van der Waals surface area contributed by atoms with Gasteiger partial charge in [-0.15, -0.1) is 11.3 Å². The highest BCUT2D eigenvalue weighted by Gasteiger charge is 2.10. The maximum Gasteiger partial charge on any atom is 0.253 e. The Morgan fingerprint density at radius 2 is 2.26 bits per heavy atom. The highest BCUT2D eigenvalue weighted by molar-refractivity contribution is 7.11. The number of nitrogens with zero attached hydrogens (tertiary/aromatic N) is 1. The third-order valence-corrected chi connectivity index (χ3v) is 3.55. The first-order chi connectivity index (χ1) is 9.10. The van der Waals surface area contributed by atoms with Crippen LogP contribution in [0.4, 0.5) is 11.4 Å². The quantitative estimate of drug-likeness (QED) is 0.746. The number of benzene rings is 1. The third kappa shape index (κ3) is 3.23. The number of nitrogen functional groups attached to an aromatic ring is 1. The molecule has 6 heteroatoms. The first-order valence-corrected chi connectivity index (χ1v) is 6.68. The highest BCUT2D eigenvalue weighted by atomic mass is 32.1. The number of aryl methyl sites for hydroxylation is 1. The van der Waals surface area contributed by atoms with Crippen LogP contribution >= 0.6 is 11.3 Å². The molecule has 100 valence electrons. The van der Waals surface area contributed by atoms with Crippen LogP contribution in [-0.4, -0.2) is 17.9 Å². The number of carbonyl (C=O) groups is 1. The van der Waals surface area contributed by atoms with Crippen LogP contribution in [0.15, 0.2) is 24.4 Å². The molecule has 0 aliphatic carbocycles. The van der Waals surface area contributed by atoms with Crippen molar-refractivity contribution >= 4 is 28.6 Å². The van der Waals surface area contributed by atoms with Crippen LogP contribution in [0.1, 0.15) is 20.2 Å². The average Bonchev–Trinajstić information content (AvgIpc) is 2.81. The Balaban J connectivity index is 2.18. The monoisotopic (exact) mass is 276 g/mol. The van der Waals surface area contributed by atoms with Gasteiger partial charge in [0.15, 0.2) is 0 Å². The van der Waals surface area contributed by atoms with E-state index in [0.717, 1.165) is 15.6 Å². The molecule has 0 aliphatic heterocycles. The van der Waals surface area contributed by atoms with Gasteiger partial charge in [-0.05, 0) is 25.1 Å². The van der Waals surface area contributed by atoms with E-state index in [9.17, 15) is 4.79 Å². The van der Waals surface area contributed by atoms with Gasteiger partial charge >= 0.3 is 0 Å². The summed E-state index contributed by atoms with van der Waals surface area (Å²) in [6.07, 6.45) is 1.83. The van der Waals surface area contributed by atoms with E-state index in [0.29, 0.717) is 17.8 Å². The summed E-state index contributed by atoms with van der Waals surface area (Å²) in [7, 11) is 1.61. The van der Waals surface area contributed by atoms with Gasteiger partial charge in [0.1, 0.15) is 0 Å². The number of aromatic nitrogens is 1. The van der Waals surface area contributed by atoms with Crippen molar-refractivity contribution in [2.45, 2.75) is 13.5 Å². The number of thiazole rings is 1. The van der Waals surface area contributed by atoms with Crippen molar-refractivity contribution in [1.82, 2.24) is 10.3 Å². The van der Waals surface area contributed by atoms with Crippen molar-refractivity contribution in [3.05, 3.63) is 39.8 Å². The molecule has 0 bridgehead atoms. The molecule has 0 unspecified atom stereocenters. The number of hydrogen-bond acceptors (Lipinski definition) is 5. The van der Waals surface area contributed by atoms with E-state index >= 15 is 0 Å². The predicted molar refractivity (Wildman–Crippen MR) is 78.4 cm³/mol. The van der Waals surface area contributed by atoms with Crippen LogP contribution in [0.2, 0.25) is 0 Å². The molecule has 0 saturated heterocycles. The molecule has 1 aromatic heterocycles. The van der Waals surface area contributed by atoms with Crippen molar-refractivity contribution < 1.29 is 4.79 Å². The summed E-state index contributed by atoms with van der Waals surface area (Å²) in [5, 5.41) is 6.87. The number of rotatable bonds is 4. The molecule has 5 nitrogen and oxygen atoms in total. The maximum atomic E-state index is 11.8. The highest BCUT2D eigenvalue weighted by Crippen LogP contribution is 2.21. The number of hydrogen-bond donors (Lipinski definition) is 3. The lowest BCUT2D eigenvalue weighted by Crippen LogP contribution is -2.19. The Hall–Kier alpha value is -2.08. The number of amides is 1. The van der Waals surface area contributed by atoms with Gasteiger partial charge in [-0.1, -0.05) is 0 Å². The van der Waals surface area contributed by atoms with Gasteiger partial charge in [-0.3, -0.25) is 4.79 Å². The molecule has 4 N–H and O–H groups in total. The minimum Gasteiger partial charge on any atom is -0.399 e. The van der Waals surface area contributed by atoms with E-state index in [4.69, 9.17) is 5.73 Å². The van der Waals surface area contributed by atoms with Gasteiger partial charge in [0.25, 0.3) is 5.91 Å². The van der Waals surface area contributed by atoms with Crippen molar-refractivity contribution in [3.63, 3.8) is 0 Å². The number of nitrogens with one attached hydrogen (secondary N) is 2. The number of nitrogens with two attached hydrogens (primary N) is 1. The van der Waals surface area contributed by atoms with Crippen LogP contribution in [-0.2, 0) is 6.54 Å². The molecule has 19 heavy (non-hydrogen) atoms. The normalized spacial score (nSPS) is 10.2. The summed E-state index contributed by atoms with van der Waals surface area (Å²) in [5.41, 5.74) is 7.69. The Kier molecular flexibility index (Phi) is 4.01. The second-order valence-electron chi connectivity index (χ2n) is 4.08. The molecule has 2 rings (SSSR count). The fraction of sp³-hybridized carbons (Fsp3) is 0.231. The topological polar surface area (TPSA) is 80.0 Å². The second kappa shape index (κ2) is 5.71. The zero-order valence-corrected chi connectivity index (χ0v) is 11.7. The molecule has 1 aromatic carbocycles. The van der Waals surface area contributed by atoms with Gasteiger partial charge in [0.2, 0.25) is 0 Å². The van der Waals surface area contributed by atoms with Crippen LogP contribution in [0, 0.1) is 6.92 Å². The molecule has 2 aromatic rings. The van der Waals surface area contributed by atoms with Gasteiger partial charge in [-0.2, -0.15) is 0 Å². The lowest BCUT2D eigenvalue weighted by atomic mass is 10.1. The Morgan fingerprint density at radius 3 is 2.89 bits per heavy atom. The summed E-state index contributed by atoms with van der Waals surface area (Å²) in [6.45, 7) is 2.59. The zero-order chi connectivity index (χ0) is 13.8. The summed E-state index contributed by atoms with van der Waals surface area (Å²) in [4.78, 5) is 17.1. The smallest absolute Gasteiger partial charge is 0.253 e. The molecule has 0 aliphatic rings. The van der Waals surface area contributed by atoms with Gasteiger partial charge in [0.05, 0.1) is 17.1 Å². The maximum absolute atomic E-state index is 11.8. The standard InChI is InChI=1S/C13H16N4OS/c1-8-16-6-10(19-8)7-17-12-5-9(14)3-4-11(12)13(18)15-2/h3-6,17H,7,14H2,1-2H3,(H,15,18). The van der Waals surface area contributed by atoms with Crippen molar-refractivity contribution in [1.29, 1.82) is 0 Å². The van der Waals surface area contributed by atoms with E-state index in [-0.39, 0.29) is 5.91 Å². The van der Waals surface area contributed by atoms with Gasteiger partial charge in [0, 0.05) is 29.5 Å². The molecule has 0 fully saturated rings. The van der Waals surface area contributed by atoms with E-state index in [1.165, 1.54) is 0 Å². The second-order valence-corrected chi connectivity index (χ2v) is 5.40. The van der Waals surface area contributed by atoms with Crippen molar-refractivity contribution in [3.8, 4) is 0 Å². The van der Waals surface area contributed by atoms with Crippen LogP contribution in [0.25, 0.3) is 0 Å². The zero-order valence-electron chi connectivity index (χ0n) is 10.9. The summed E-state index contributed by atoms with van der Waals surface area (Å²) >= 11 is 1.63. The Labute approximate surface area is 115 Å². The number of anilines is 2. The molecule has 1 amide bonds. The molecule has 0 atom stereocenters. The van der Waals surface area contributed by atoms with Gasteiger partial charge < -0.3 is 16.4 Å². The fourth-order valence-corrected chi connectivity index (χ4v) is 2.44. The molecule has 0 spiro atoms. The minimum absolute atomic E-state index is 0.136. The molecule has 0 radical (unpaired) electrons. The van der Waals surface area contributed by atoms with E-state index in [1.54, 1.807) is 36.6 Å². The Morgan fingerprint density at radius 1 is 1.47 bits per heavy atom. The summed E-state index contributed by atoms with van der Waals surface area (Å²) in [6, 6.07) is 5.19. The van der Waals surface area contributed by atoms with Crippen LogP contribution < -0.4 is 16.4 Å². The van der Waals surface area contributed by atoms with Gasteiger partial charge in [-0.25, -0.2) is 4.98 Å². The number of carbonyl (C=O) groups excluding carboxylic acids is 1. The largest absolute Gasteiger partial charge is 0.399 e. The summed E-state index contributed by atoms with van der Waals surface area (Å²) in [5.74, 6) is -0.136. The van der Waals surface area contributed by atoms with E-state index in [2.05, 4.69) is 15.6 Å². The van der Waals surface area contributed by atoms with Crippen LogP contribution in [0.3, 0.4) is 0 Å². The fourth-order valence-electron chi connectivity index (χ4n) is 1.71. The third-order valence-electron chi connectivity index (χ3n) is 2.64. The van der Waals surface area contributed by atoms with Crippen LogP contribution in [0.5, 0.6) is 0 Å². The minimum atomic E-state index is -0.136. The lowest BCUT2D eigenvalue weighted by Gasteiger charge is -2.11. The molecule has 1 heterocycles.